The van der Waals surface area contributed by atoms with Crippen LogP contribution in [-0.4, -0.2) is 4.98 Å². The van der Waals surface area contributed by atoms with E-state index in [-0.39, 0.29) is 5.41 Å². The fourth-order valence-electron chi connectivity index (χ4n) is 2.89. The zero-order valence-corrected chi connectivity index (χ0v) is 9.96. The first kappa shape index (κ1) is 9.83. The van der Waals surface area contributed by atoms with Crippen molar-refractivity contribution in [2.24, 2.45) is 0 Å². The number of aryl methyl sites for hydroxylation is 1. The molecule has 82 valence electrons. The molecule has 1 aliphatic carbocycles. The van der Waals surface area contributed by atoms with Gasteiger partial charge in [-0.1, -0.05) is 32.0 Å². The molecular formula is C15H17N. The van der Waals surface area contributed by atoms with Crippen LogP contribution in [0.3, 0.4) is 0 Å². The van der Waals surface area contributed by atoms with Gasteiger partial charge < -0.3 is 0 Å². The molecule has 1 nitrogen and oxygen atoms in total. The molecule has 3 rings (SSSR count). The molecule has 0 atom stereocenters. The van der Waals surface area contributed by atoms with Crippen LogP contribution in [0.15, 0.2) is 30.6 Å². The Hall–Kier alpha value is -1.37. The van der Waals surface area contributed by atoms with Crippen molar-refractivity contribution in [1.29, 1.82) is 0 Å². The van der Waals surface area contributed by atoms with Gasteiger partial charge in [-0.3, -0.25) is 4.98 Å². The summed E-state index contributed by atoms with van der Waals surface area (Å²) in [5.41, 5.74) is 3.19. The van der Waals surface area contributed by atoms with Gasteiger partial charge in [-0.25, -0.2) is 0 Å². The fraction of sp³-hybridized carbons (Fsp3) is 0.400. The SMILES string of the molecule is CC1(C)CCCc2cccc3cncc1c23. The topological polar surface area (TPSA) is 12.9 Å². The van der Waals surface area contributed by atoms with Crippen molar-refractivity contribution >= 4 is 10.8 Å². The predicted molar refractivity (Wildman–Crippen MR) is 67.7 cm³/mol. The van der Waals surface area contributed by atoms with Crippen LogP contribution in [0, 0.1) is 0 Å². The molecule has 16 heavy (non-hydrogen) atoms. The smallest absolute Gasteiger partial charge is 0.0346 e. The number of pyridine rings is 1. The second-order valence-corrected chi connectivity index (χ2v) is 5.44. The van der Waals surface area contributed by atoms with E-state index in [4.69, 9.17) is 0 Å². The Balaban J connectivity index is 2.43. The molecule has 1 aromatic heterocycles. The van der Waals surface area contributed by atoms with Gasteiger partial charge >= 0.3 is 0 Å². The molecule has 0 bridgehead atoms. The Morgan fingerprint density at radius 3 is 2.94 bits per heavy atom. The summed E-state index contributed by atoms with van der Waals surface area (Å²) < 4.78 is 0. The Morgan fingerprint density at radius 1 is 1.19 bits per heavy atom. The van der Waals surface area contributed by atoms with E-state index in [9.17, 15) is 0 Å². The molecule has 1 aromatic carbocycles. The summed E-state index contributed by atoms with van der Waals surface area (Å²) in [5, 5.41) is 2.75. The molecule has 0 saturated heterocycles. The maximum atomic E-state index is 4.40. The molecule has 0 spiro atoms. The van der Waals surface area contributed by atoms with Gasteiger partial charge in [0.05, 0.1) is 0 Å². The number of hydrogen-bond acceptors (Lipinski definition) is 1. The minimum Gasteiger partial charge on any atom is -0.264 e. The van der Waals surface area contributed by atoms with Crippen LogP contribution in [0.2, 0.25) is 0 Å². The van der Waals surface area contributed by atoms with Gasteiger partial charge in [0.2, 0.25) is 0 Å². The van der Waals surface area contributed by atoms with Crippen molar-refractivity contribution in [3.63, 3.8) is 0 Å². The monoisotopic (exact) mass is 211 g/mol. The number of benzene rings is 1. The number of aromatic nitrogens is 1. The van der Waals surface area contributed by atoms with Crippen molar-refractivity contribution in [3.05, 3.63) is 41.7 Å². The Kier molecular flexibility index (Phi) is 2.03. The summed E-state index contributed by atoms with van der Waals surface area (Å²) >= 11 is 0. The molecule has 0 saturated carbocycles. The highest BCUT2D eigenvalue weighted by atomic mass is 14.6. The zero-order chi connectivity index (χ0) is 11.2. The summed E-state index contributed by atoms with van der Waals surface area (Å²) in [6, 6.07) is 6.60. The lowest BCUT2D eigenvalue weighted by molar-refractivity contribution is 0.470. The third kappa shape index (κ3) is 1.35. The number of nitrogens with zero attached hydrogens (tertiary/aromatic N) is 1. The average molecular weight is 211 g/mol. The van der Waals surface area contributed by atoms with E-state index in [1.807, 2.05) is 6.20 Å². The predicted octanol–water partition coefficient (Wildman–Crippen LogP) is 3.85. The van der Waals surface area contributed by atoms with Crippen LogP contribution in [0.4, 0.5) is 0 Å². The lowest BCUT2D eigenvalue weighted by Gasteiger charge is -2.24. The minimum absolute atomic E-state index is 0.263. The molecular weight excluding hydrogens is 194 g/mol. The van der Waals surface area contributed by atoms with E-state index in [2.05, 4.69) is 43.2 Å². The van der Waals surface area contributed by atoms with Gasteiger partial charge in [-0.05, 0) is 41.2 Å². The van der Waals surface area contributed by atoms with Crippen LogP contribution < -0.4 is 0 Å². The highest BCUT2D eigenvalue weighted by Crippen LogP contribution is 2.38. The van der Waals surface area contributed by atoms with Gasteiger partial charge in [-0.2, -0.15) is 0 Å². The summed E-state index contributed by atoms with van der Waals surface area (Å²) in [4.78, 5) is 4.40. The minimum atomic E-state index is 0.263. The van der Waals surface area contributed by atoms with Gasteiger partial charge in [0.15, 0.2) is 0 Å². The summed E-state index contributed by atoms with van der Waals surface area (Å²) in [6.45, 7) is 4.68. The van der Waals surface area contributed by atoms with Crippen molar-refractivity contribution in [2.45, 2.75) is 38.5 Å². The lowest BCUT2D eigenvalue weighted by atomic mass is 9.81. The van der Waals surface area contributed by atoms with E-state index in [1.54, 1.807) is 0 Å². The third-order valence-corrected chi connectivity index (χ3v) is 3.85. The van der Waals surface area contributed by atoms with E-state index >= 15 is 0 Å². The van der Waals surface area contributed by atoms with Gasteiger partial charge in [-0.15, -0.1) is 0 Å². The van der Waals surface area contributed by atoms with E-state index < -0.39 is 0 Å². The van der Waals surface area contributed by atoms with Crippen LogP contribution in [0.1, 0.15) is 37.8 Å². The molecule has 0 unspecified atom stereocenters. The number of hydrogen-bond donors (Lipinski definition) is 0. The van der Waals surface area contributed by atoms with Crippen LogP contribution in [0.5, 0.6) is 0 Å². The quantitative estimate of drug-likeness (QED) is 0.645. The first-order valence-electron chi connectivity index (χ1n) is 6.04. The molecule has 1 aliphatic rings. The molecule has 0 aliphatic heterocycles. The highest BCUT2D eigenvalue weighted by molar-refractivity contribution is 5.89. The maximum Gasteiger partial charge on any atom is 0.0346 e. The zero-order valence-electron chi connectivity index (χ0n) is 9.96. The highest BCUT2D eigenvalue weighted by Gasteiger charge is 2.26. The Bertz CT molecular complexity index is 535. The van der Waals surface area contributed by atoms with E-state index in [0.29, 0.717) is 0 Å². The van der Waals surface area contributed by atoms with Crippen LogP contribution in [-0.2, 0) is 11.8 Å². The van der Waals surface area contributed by atoms with Crippen LogP contribution in [0.25, 0.3) is 10.8 Å². The summed E-state index contributed by atoms with van der Waals surface area (Å²) in [6.07, 6.45) is 7.79. The average Bonchev–Trinajstić information content (AvgIpc) is 2.39. The van der Waals surface area contributed by atoms with Crippen molar-refractivity contribution in [1.82, 2.24) is 4.98 Å². The Morgan fingerprint density at radius 2 is 2.06 bits per heavy atom. The molecule has 0 N–H and O–H groups in total. The molecule has 0 radical (unpaired) electrons. The number of rotatable bonds is 0. The van der Waals surface area contributed by atoms with Gasteiger partial charge in [0.25, 0.3) is 0 Å². The standard InChI is InChI=1S/C15H17N/c1-15(2)8-4-7-11-5-3-6-12-9-16-10-13(15)14(11)12/h3,5-6,9-10H,4,7-8H2,1-2H3. The summed E-state index contributed by atoms with van der Waals surface area (Å²) in [5.74, 6) is 0. The first-order chi connectivity index (χ1) is 7.68. The first-order valence-corrected chi connectivity index (χ1v) is 6.04. The molecule has 1 heterocycles. The van der Waals surface area contributed by atoms with Gasteiger partial charge in [0, 0.05) is 17.8 Å². The lowest BCUT2D eigenvalue weighted by Crippen LogP contribution is -2.16. The molecule has 0 fully saturated rings. The normalized spacial score (nSPS) is 18.4. The van der Waals surface area contributed by atoms with Crippen LogP contribution >= 0.6 is 0 Å². The second-order valence-electron chi connectivity index (χ2n) is 5.44. The van der Waals surface area contributed by atoms with E-state index in [1.165, 1.54) is 41.2 Å². The second kappa shape index (κ2) is 3.31. The molecule has 0 amide bonds. The van der Waals surface area contributed by atoms with E-state index in [0.717, 1.165) is 0 Å². The molecule has 1 heteroatoms. The maximum absolute atomic E-state index is 4.40. The molecule has 2 aromatic rings. The largest absolute Gasteiger partial charge is 0.264 e. The summed E-state index contributed by atoms with van der Waals surface area (Å²) in [7, 11) is 0. The van der Waals surface area contributed by atoms with Crippen molar-refractivity contribution in [2.75, 3.05) is 0 Å². The Labute approximate surface area is 96.5 Å². The van der Waals surface area contributed by atoms with Crippen molar-refractivity contribution < 1.29 is 0 Å². The van der Waals surface area contributed by atoms with Gasteiger partial charge in [0.1, 0.15) is 0 Å². The van der Waals surface area contributed by atoms with Crippen molar-refractivity contribution in [3.8, 4) is 0 Å². The fourth-order valence-corrected chi connectivity index (χ4v) is 2.89. The third-order valence-electron chi connectivity index (χ3n) is 3.85.